The van der Waals surface area contributed by atoms with E-state index in [9.17, 15) is 14.4 Å². The van der Waals surface area contributed by atoms with Gasteiger partial charge < -0.3 is 4.74 Å². The van der Waals surface area contributed by atoms with Crippen molar-refractivity contribution in [1.29, 1.82) is 0 Å². The van der Waals surface area contributed by atoms with Crippen LogP contribution in [0.2, 0.25) is 0 Å². The van der Waals surface area contributed by atoms with Crippen LogP contribution in [0.15, 0.2) is 16.8 Å². The molecule has 0 N–H and O–H groups in total. The molecule has 2 fully saturated rings. The second-order valence-corrected chi connectivity index (χ2v) is 7.09. The van der Waals surface area contributed by atoms with Gasteiger partial charge in [-0.2, -0.15) is 0 Å². The molecule has 0 aromatic rings. The third kappa shape index (κ3) is 3.28. The second-order valence-electron chi connectivity index (χ2n) is 7.09. The summed E-state index contributed by atoms with van der Waals surface area (Å²) in [5.41, 5.74) is 1.84. The average Bonchev–Trinajstić information content (AvgIpc) is 2.69. The summed E-state index contributed by atoms with van der Waals surface area (Å²) in [7, 11) is 3.13. The number of aliphatic imine (C=N–C) groups is 1. The Morgan fingerprint density at radius 2 is 2.04 bits per heavy atom. The van der Waals surface area contributed by atoms with Crippen molar-refractivity contribution in [1.82, 2.24) is 9.80 Å². The van der Waals surface area contributed by atoms with Gasteiger partial charge in [0.05, 0.1) is 6.61 Å². The highest BCUT2D eigenvalue weighted by Crippen LogP contribution is 2.28. The Balaban J connectivity index is 2.04. The van der Waals surface area contributed by atoms with E-state index >= 15 is 0 Å². The molecule has 8 nitrogen and oxygen atoms in total. The van der Waals surface area contributed by atoms with Crippen LogP contribution in [0.25, 0.3) is 0 Å². The number of hydrogen-bond acceptors (Lipinski definition) is 5. The Kier molecular flexibility index (Phi) is 5.43. The number of amidine groups is 1. The van der Waals surface area contributed by atoms with Gasteiger partial charge in [-0.3, -0.25) is 19.4 Å². The number of fused-ring (bicyclic) bond motifs is 1. The highest BCUT2D eigenvalue weighted by molar-refractivity contribution is 6.32. The first-order valence-electron chi connectivity index (χ1n) is 9.51. The molecular formula is C19H27N4O4+. The van der Waals surface area contributed by atoms with Crippen LogP contribution in [0.5, 0.6) is 0 Å². The summed E-state index contributed by atoms with van der Waals surface area (Å²) >= 11 is 0. The van der Waals surface area contributed by atoms with Crippen LogP contribution in [0.3, 0.4) is 0 Å². The van der Waals surface area contributed by atoms with E-state index in [1.807, 2.05) is 6.92 Å². The topological polar surface area (TPSA) is 82.3 Å². The van der Waals surface area contributed by atoms with Gasteiger partial charge in [-0.1, -0.05) is 6.92 Å². The van der Waals surface area contributed by atoms with Gasteiger partial charge in [0, 0.05) is 32.3 Å². The standard InChI is InChI=1S/C19H27N4O4/c1-5-12-10-20-16-14(17(24)22(4)19(26)21(16)3)15(12)23-9-7-8-13(11-23)18(25)27-6-2/h10,13-14H,5-9,11H2,1-4H3/q+1. The third-order valence-electron chi connectivity index (χ3n) is 5.47. The van der Waals surface area contributed by atoms with E-state index in [0.717, 1.165) is 42.0 Å². The minimum Gasteiger partial charge on any atom is -0.466 e. The van der Waals surface area contributed by atoms with E-state index in [0.29, 0.717) is 19.0 Å². The molecular weight excluding hydrogens is 348 g/mol. The number of nitrogens with zero attached hydrogens (tertiary/aromatic N) is 4. The molecule has 0 spiro atoms. The number of urea groups is 1. The van der Waals surface area contributed by atoms with Crippen LogP contribution >= 0.6 is 0 Å². The van der Waals surface area contributed by atoms with Gasteiger partial charge in [-0.25, -0.2) is 14.4 Å². The number of carbonyl (C=O) groups is 3. The van der Waals surface area contributed by atoms with Crippen molar-refractivity contribution >= 4 is 29.5 Å². The third-order valence-corrected chi connectivity index (χ3v) is 5.47. The van der Waals surface area contributed by atoms with E-state index < -0.39 is 5.92 Å². The molecule has 2 unspecified atom stereocenters. The first kappa shape index (κ1) is 19.3. The van der Waals surface area contributed by atoms with Gasteiger partial charge in [-0.05, 0) is 19.8 Å². The number of piperidine rings is 1. The number of esters is 1. The molecule has 146 valence electrons. The van der Waals surface area contributed by atoms with Crippen molar-refractivity contribution in [2.45, 2.75) is 33.1 Å². The van der Waals surface area contributed by atoms with Gasteiger partial charge in [0.25, 0.3) is 5.91 Å². The summed E-state index contributed by atoms with van der Waals surface area (Å²) in [6.45, 7) is 5.47. The Hall–Kier alpha value is -2.51. The van der Waals surface area contributed by atoms with Crippen molar-refractivity contribution in [2.75, 3.05) is 33.8 Å². The predicted molar refractivity (Wildman–Crippen MR) is 99.6 cm³/mol. The monoisotopic (exact) mass is 375 g/mol. The normalized spacial score (nSPS) is 28.6. The molecule has 0 bridgehead atoms. The van der Waals surface area contributed by atoms with E-state index in [1.54, 1.807) is 20.2 Å². The fraction of sp³-hybridized carbons (Fsp3) is 0.632. The minimum atomic E-state index is -0.612. The van der Waals surface area contributed by atoms with E-state index in [1.165, 1.54) is 11.9 Å². The molecule has 2 atom stereocenters. The maximum atomic E-state index is 13.0. The van der Waals surface area contributed by atoms with Crippen LogP contribution in [-0.2, 0) is 14.3 Å². The SMILES string of the molecule is CCOC(=O)C1CCC[N+](=C2C(CC)=CN=C3C2C(=O)N(C)C(=O)N3C)C1. The summed E-state index contributed by atoms with van der Waals surface area (Å²) in [5.74, 6) is -0.826. The molecule has 3 aliphatic rings. The molecule has 3 aliphatic heterocycles. The van der Waals surface area contributed by atoms with Crippen LogP contribution in [0.1, 0.15) is 33.1 Å². The summed E-state index contributed by atoms with van der Waals surface area (Å²) in [6, 6.07) is -0.384. The highest BCUT2D eigenvalue weighted by atomic mass is 16.5. The number of rotatable bonds is 3. The molecule has 0 saturated carbocycles. The Morgan fingerprint density at radius 3 is 2.70 bits per heavy atom. The molecule has 3 heterocycles. The smallest absolute Gasteiger partial charge is 0.331 e. The van der Waals surface area contributed by atoms with Crippen molar-refractivity contribution in [3.63, 3.8) is 0 Å². The zero-order valence-electron chi connectivity index (χ0n) is 16.4. The summed E-state index contributed by atoms with van der Waals surface area (Å²) in [4.78, 5) is 44.5. The molecule has 2 saturated heterocycles. The molecule has 3 amide bonds. The average molecular weight is 375 g/mol. The molecule has 0 aromatic carbocycles. The zero-order valence-corrected chi connectivity index (χ0v) is 16.4. The zero-order chi connectivity index (χ0) is 19.7. The van der Waals surface area contributed by atoms with Crippen molar-refractivity contribution in [3.05, 3.63) is 11.8 Å². The molecule has 27 heavy (non-hydrogen) atoms. The lowest BCUT2D eigenvalue weighted by atomic mass is 9.87. The molecule has 0 aromatic heterocycles. The van der Waals surface area contributed by atoms with Crippen molar-refractivity contribution < 1.29 is 23.7 Å². The largest absolute Gasteiger partial charge is 0.466 e. The van der Waals surface area contributed by atoms with E-state index in [4.69, 9.17) is 4.74 Å². The lowest BCUT2D eigenvalue weighted by molar-refractivity contribution is -0.544. The number of ether oxygens (including phenoxy) is 1. The Bertz CT molecular complexity index is 768. The quantitative estimate of drug-likeness (QED) is 0.549. The van der Waals surface area contributed by atoms with Gasteiger partial charge >= 0.3 is 12.0 Å². The van der Waals surface area contributed by atoms with Crippen molar-refractivity contribution in [2.24, 2.45) is 16.8 Å². The predicted octanol–water partition coefficient (Wildman–Crippen LogP) is 1.26. The van der Waals surface area contributed by atoms with E-state index in [-0.39, 0.29) is 23.8 Å². The fourth-order valence-electron chi connectivity index (χ4n) is 4.02. The van der Waals surface area contributed by atoms with Gasteiger partial charge in [0.1, 0.15) is 18.3 Å². The van der Waals surface area contributed by atoms with Crippen molar-refractivity contribution in [3.8, 4) is 0 Å². The fourth-order valence-corrected chi connectivity index (χ4v) is 4.02. The van der Waals surface area contributed by atoms with Crippen LogP contribution < -0.4 is 0 Å². The maximum absolute atomic E-state index is 13.0. The van der Waals surface area contributed by atoms with Crippen LogP contribution in [-0.4, -0.2) is 77.6 Å². The molecule has 0 aliphatic carbocycles. The highest BCUT2D eigenvalue weighted by Gasteiger charge is 2.49. The molecule has 8 heteroatoms. The number of imide groups is 1. The molecule has 0 radical (unpaired) electrons. The second kappa shape index (κ2) is 7.62. The molecule has 3 rings (SSSR count). The first-order chi connectivity index (χ1) is 12.9. The summed E-state index contributed by atoms with van der Waals surface area (Å²) in [5, 5.41) is 0. The lowest BCUT2D eigenvalue weighted by Crippen LogP contribution is -2.61. The number of carbonyl (C=O) groups excluding carboxylic acids is 3. The number of hydrogen-bond donors (Lipinski definition) is 0. The number of allylic oxidation sites excluding steroid dienone is 1. The van der Waals surface area contributed by atoms with Gasteiger partial charge in [0.2, 0.25) is 5.71 Å². The van der Waals surface area contributed by atoms with Gasteiger partial charge in [-0.15, -0.1) is 0 Å². The first-order valence-corrected chi connectivity index (χ1v) is 9.51. The van der Waals surface area contributed by atoms with Crippen LogP contribution in [0.4, 0.5) is 4.79 Å². The minimum absolute atomic E-state index is 0.186. The Morgan fingerprint density at radius 1 is 1.30 bits per heavy atom. The van der Waals surface area contributed by atoms with Gasteiger partial charge in [0.15, 0.2) is 12.5 Å². The summed E-state index contributed by atoms with van der Waals surface area (Å²) < 4.78 is 7.33. The van der Waals surface area contributed by atoms with Crippen LogP contribution in [0, 0.1) is 11.8 Å². The Labute approximate surface area is 159 Å². The van der Waals surface area contributed by atoms with E-state index in [2.05, 4.69) is 9.57 Å². The lowest BCUT2D eigenvalue weighted by Gasteiger charge is -2.37. The summed E-state index contributed by atoms with van der Waals surface area (Å²) in [6.07, 6.45) is 4.10. The maximum Gasteiger partial charge on any atom is 0.331 e. The number of amides is 3.